The summed E-state index contributed by atoms with van der Waals surface area (Å²) in [7, 11) is 1.57. The summed E-state index contributed by atoms with van der Waals surface area (Å²) >= 11 is 7.52. The molecule has 0 bridgehead atoms. The second-order valence-electron chi connectivity index (χ2n) is 8.76. The summed E-state index contributed by atoms with van der Waals surface area (Å²) in [6.07, 6.45) is 0.673. The molecule has 0 aliphatic carbocycles. The van der Waals surface area contributed by atoms with Crippen LogP contribution in [0.25, 0.3) is 0 Å². The van der Waals surface area contributed by atoms with Gasteiger partial charge < -0.3 is 19.9 Å². The topological polar surface area (TPSA) is 98.1 Å². The van der Waals surface area contributed by atoms with Crippen LogP contribution in [0.1, 0.15) is 55.0 Å². The number of ether oxygens (including phenoxy) is 1. The Morgan fingerprint density at radius 1 is 1.17 bits per heavy atom. The van der Waals surface area contributed by atoms with Crippen LogP contribution in [0.4, 0.5) is 5.69 Å². The van der Waals surface area contributed by atoms with Crippen molar-refractivity contribution in [2.45, 2.75) is 51.9 Å². The third-order valence-corrected chi connectivity index (χ3v) is 6.76. The minimum atomic E-state index is -0.360. The molecule has 1 atom stereocenters. The number of thioether (sulfide) groups is 1. The molecule has 2 aromatic carbocycles. The Morgan fingerprint density at radius 3 is 2.58 bits per heavy atom. The molecule has 0 fully saturated rings. The second kappa shape index (κ2) is 12.8. The van der Waals surface area contributed by atoms with Gasteiger partial charge in [-0.1, -0.05) is 55.4 Å². The monoisotopic (exact) mass is 529 g/mol. The summed E-state index contributed by atoms with van der Waals surface area (Å²) in [6.45, 7) is 8.69. The molecule has 2 N–H and O–H groups in total. The van der Waals surface area contributed by atoms with E-state index in [-0.39, 0.29) is 23.6 Å². The fourth-order valence-corrected chi connectivity index (χ4v) is 4.81. The van der Waals surface area contributed by atoms with Crippen LogP contribution in [0.2, 0.25) is 5.02 Å². The number of hydrogen-bond acceptors (Lipinski definition) is 6. The highest BCUT2D eigenvalue weighted by Gasteiger charge is 2.25. The van der Waals surface area contributed by atoms with Gasteiger partial charge in [0, 0.05) is 6.54 Å². The highest BCUT2D eigenvalue weighted by atomic mass is 35.5. The first-order chi connectivity index (χ1) is 17.2. The SMILES string of the molecule is CCn1c(SCC(=O)Nc2cc(C)ccc2OC)nnc1[C@H](CC(C)C)NC(=O)c1ccccc1Cl. The molecule has 0 aliphatic rings. The first kappa shape index (κ1) is 27.5. The van der Waals surface area contributed by atoms with Gasteiger partial charge in [-0.25, -0.2) is 0 Å². The van der Waals surface area contributed by atoms with Crippen molar-refractivity contribution in [1.29, 1.82) is 0 Å². The van der Waals surface area contributed by atoms with E-state index in [1.165, 1.54) is 11.8 Å². The third-order valence-electron chi connectivity index (χ3n) is 5.47. The van der Waals surface area contributed by atoms with E-state index in [2.05, 4.69) is 34.7 Å². The minimum absolute atomic E-state index is 0.149. The minimum Gasteiger partial charge on any atom is -0.495 e. The number of aromatic nitrogens is 3. The number of hydrogen-bond donors (Lipinski definition) is 2. The lowest BCUT2D eigenvalue weighted by Crippen LogP contribution is -2.31. The number of methoxy groups -OCH3 is 1. The number of carbonyl (C=O) groups excluding carboxylic acids is 2. The molecular formula is C26H32ClN5O3S. The van der Waals surface area contributed by atoms with Gasteiger partial charge in [-0.3, -0.25) is 9.59 Å². The zero-order valence-corrected chi connectivity index (χ0v) is 22.7. The quantitative estimate of drug-likeness (QED) is 0.317. The molecule has 0 spiro atoms. The van der Waals surface area contributed by atoms with Crippen molar-refractivity contribution in [2.75, 3.05) is 18.2 Å². The maximum Gasteiger partial charge on any atom is 0.253 e. The number of nitrogens with one attached hydrogen (secondary N) is 2. The number of benzene rings is 2. The average Bonchev–Trinajstić information content (AvgIpc) is 3.25. The Labute approximate surface area is 221 Å². The number of amides is 2. The molecule has 0 radical (unpaired) electrons. The van der Waals surface area contributed by atoms with Crippen molar-refractivity contribution in [3.8, 4) is 5.75 Å². The molecule has 1 aromatic heterocycles. The first-order valence-electron chi connectivity index (χ1n) is 11.8. The van der Waals surface area contributed by atoms with Gasteiger partial charge in [0.05, 0.1) is 35.2 Å². The van der Waals surface area contributed by atoms with Gasteiger partial charge >= 0.3 is 0 Å². The van der Waals surface area contributed by atoms with Crippen LogP contribution in [0.3, 0.4) is 0 Å². The van der Waals surface area contributed by atoms with Crippen molar-refractivity contribution in [3.05, 3.63) is 64.4 Å². The Kier molecular flexibility index (Phi) is 9.78. The molecule has 0 unspecified atom stereocenters. The molecule has 36 heavy (non-hydrogen) atoms. The lowest BCUT2D eigenvalue weighted by Gasteiger charge is -2.21. The van der Waals surface area contributed by atoms with E-state index in [1.807, 2.05) is 36.6 Å². The van der Waals surface area contributed by atoms with Crippen LogP contribution >= 0.6 is 23.4 Å². The van der Waals surface area contributed by atoms with Crippen molar-refractivity contribution < 1.29 is 14.3 Å². The maximum absolute atomic E-state index is 13.0. The highest BCUT2D eigenvalue weighted by Crippen LogP contribution is 2.28. The zero-order chi connectivity index (χ0) is 26.2. The van der Waals surface area contributed by atoms with E-state index in [0.29, 0.717) is 51.9 Å². The van der Waals surface area contributed by atoms with E-state index in [4.69, 9.17) is 16.3 Å². The number of carbonyl (C=O) groups is 2. The van der Waals surface area contributed by atoms with Crippen molar-refractivity contribution >= 4 is 40.9 Å². The summed E-state index contributed by atoms with van der Waals surface area (Å²) in [4.78, 5) is 25.7. The molecule has 3 rings (SSSR count). The van der Waals surface area contributed by atoms with Gasteiger partial charge in [0.15, 0.2) is 11.0 Å². The fraction of sp³-hybridized carbons (Fsp3) is 0.385. The molecule has 8 nitrogen and oxygen atoms in total. The van der Waals surface area contributed by atoms with Crippen LogP contribution in [-0.4, -0.2) is 39.4 Å². The maximum atomic E-state index is 13.0. The first-order valence-corrected chi connectivity index (χ1v) is 13.2. The Bertz CT molecular complexity index is 1210. The predicted octanol–water partition coefficient (Wildman–Crippen LogP) is 5.52. The molecule has 3 aromatic rings. The average molecular weight is 530 g/mol. The van der Waals surface area contributed by atoms with Gasteiger partial charge in [-0.15, -0.1) is 10.2 Å². The summed E-state index contributed by atoms with van der Waals surface area (Å²) < 4.78 is 7.28. The number of nitrogens with zero attached hydrogens (tertiary/aromatic N) is 3. The number of aryl methyl sites for hydroxylation is 1. The van der Waals surface area contributed by atoms with Crippen LogP contribution in [-0.2, 0) is 11.3 Å². The number of halogens is 1. The fourth-order valence-electron chi connectivity index (χ4n) is 3.78. The van der Waals surface area contributed by atoms with Gasteiger partial charge in [-0.05, 0) is 56.0 Å². The molecule has 0 saturated heterocycles. The summed E-state index contributed by atoms with van der Waals surface area (Å²) in [5, 5.41) is 15.7. The highest BCUT2D eigenvalue weighted by molar-refractivity contribution is 7.99. The van der Waals surface area contributed by atoms with Crippen molar-refractivity contribution in [1.82, 2.24) is 20.1 Å². The lowest BCUT2D eigenvalue weighted by molar-refractivity contribution is -0.113. The van der Waals surface area contributed by atoms with E-state index in [9.17, 15) is 9.59 Å². The molecule has 10 heteroatoms. The van der Waals surface area contributed by atoms with Crippen molar-refractivity contribution in [3.63, 3.8) is 0 Å². The molecule has 0 aliphatic heterocycles. The molecule has 2 amide bonds. The lowest BCUT2D eigenvalue weighted by atomic mass is 10.0. The Morgan fingerprint density at radius 2 is 1.92 bits per heavy atom. The van der Waals surface area contributed by atoms with Gasteiger partial charge in [0.1, 0.15) is 5.75 Å². The smallest absolute Gasteiger partial charge is 0.253 e. The third kappa shape index (κ3) is 7.01. The van der Waals surface area contributed by atoms with Gasteiger partial charge in [0.2, 0.25) is 5.91 Å². The Balaban J connectivity index is 1.75. The summed E-state index contributed by atoms with van der Waals surface area (Å²) in [6, 6.07) is 12.2. The van der Waals surface area contributed by atoms with Crippen LogP contribution < -0.4 is 15.4 Å². The predicted molar refractivity (Wildman–Crippen MR) is 144 cm³/mol. The van der Waals surface area contributed by atoms with E-state index < -0.39 is 0 Å². The summed E-state index contributed by atoms with van der Waals surface area (Å²) in [5.74, 6) is 1.25. The van der Waals surface area contributed by atoms with Crippen LogP contribution in [0.5, 0.6) is 5.75 Å². The number of anilines is 1. The normalized spacial score (nSPS) is 11.9. The van der Waals surface area contributed by atoms with Gasteiger partial charge in [-0.2, -0.15) is 0 Å². The molecule has 1 heterocycles. The van der Waals surface area contributed by atoms with Crippen LogP contribution in [0, 0.1) is 12.8 Å². The van der Waals surface area contributed by atoms with E-state index in [1.54, 1.807) is 31.4 Å². The molecular weight excluding hydrogens is 498 g/mol. The summed E-state index contributed by atoms with van der Waals surface area (Å²) in [5.41, 5.74) is 2.05. The van der Waals surface area contributed by atoms with E-state index in [0.717, 1.165) is 5.56 Å². The zero-order valence-electron chi connectivity index (χ0n) is 21.2. The second-order valence-corrected chi connectivity index (χ2v) is 10.1. The van der Waals surface area contributed by atoms with Gasteiger partial charge in [0.25, 0.3) is 5.91 Å². The molecule has 192 valence electrons. The van der Waals surface area contributed by atoms with Crippen LogP contribution in [0.15, 0.2) is 47.6 Å². The van der Waals surface area contributed by atoms with Crippen molar-refractivity contribution in [2.24, 2.45) is 5.92 Å². The molecule has 0 saturated carbocycles. The standard InChI is InChI=1S/C26H32ClN5O3S/c1-6-32-24(21(13-16(2)3)29-25(34)18-9-7-8-10-19(18)27)30-31-26(32)36-15-23(33)28-20-14-17(4)11-12-22(20)35-5/h7-12,14,16,21H,6,13,15H2,1-5H3,(H,28,33)(H,29,34)/t21-/m0/s1. The van der Waals surface area contributed by atoms with E-state index >= 15 is 0 Å². The number of rotatable bonds is 11. The largest absolute Gasteiger partial charge is 0.495 e. The Hall–Kier alpha value is -3.04.